The summed E-state index contributed by atoms with van der Waals surface area (Å²) >= 11 is -0.208. The van der Waals surface area contributed by atoms with Crippen molar-refractivity contribution in [3.05, 3.63) is 44.0 Å². The zero-order valence-electron chi connectivity index (χ0n) is 8.61. The number of nitro benzene ring substituents is 1. The monoisotopic (exact) mass is 329 g/mol. The Balaban J connectivity index is 2.93. The van der Waals surface area contributed by atoms with E-state index < -0.39 is 0 Å². The number of alkyl halides is 1. The van der Waals surface area contributed by atoms with E-state index in [9.17, 15) is 10.1 Å². The number of benzene rings is 2. The molecule has 0 aromatic heterocycles. The first-order valence-corrected chi connectivity index (χ1v) is 7.84. The minimum absolute atomic E-state index is 0.154. The number of nitrogens with two attached hydrogens (primary N) is 1. The fraction of sp³-hybridized carbons (Fsp3) is 0.0909. The Morgan fingerprint density at radius 2 is 2.06 bits per heavy atom. The zero-order valence-corrected chi connectivity index (χ0v) is 10.8. The second kappa shape index (κ2) is 4.25. The van der Waals surface area contributed by atoms with Gasteiger partial charge in [0.05, 0.1) is 0 Å². The molecule has 0 radical (unpaired) electrons. The Bertz CT molecular complexity index is 569. The van der Waals surface area contributed by atoms with Crippen LogP contribution in [0.25, 0.3) is 10.8 Å². The number of hydrogen-bond donors (Lipinski definition) is 1. The molecule has 4 nitrogen and oxygen atoms in total. The Kier molecular flexibility index (Phi) is 2.95. The summed E-state index contributed by atoms with van der Waals surface area (Å²) in [5.41, 5.74) is 6.59. The van der Waals surface area contributed by atoms with E-state index in [1.54, 1.807) is 6.07 Å². The van der Waals surface area contributed by atoms with Crippen LogP contribution in [-0.2, 0) is 0 Å². The molecule has 0 atom stereocenters. The van der Waals surface area contributed by atoms with E-state index in [2.05, 4.69) is 4.93 Å². The molecule has 0 aliphatic carbocycles. The number of anilines is 1. The van der Waals surface area contributed by atoms with Crippen molar-refractivity contribution >= 4 is 22.1 Å². The van der Waals surface area contributed by atoms with E-state index in [0.717, 1.165) is 8.96 Å². The van der Waals surface area contributed by atoms with Gasteiger partial charge in [0, 0.05) is 0 Å². The standard InChI is InChI=1S/C11H10IN2O2/c1-12-8-4-2-3-7-9(13)5-6-10(11(7)8)14(15)16/h2-6H,13H2,1H3/q-1. The molecule has 2 rings (SSSR count). The van der Waals surface area contributed by atoms with Crippen LogP contribution < -0.4 is 26.9 Å². The number of halogens is 1. The molecule has 2 aromatic rings. The van der Waals surface area contributed by atoms with Gasteiger partial charge in [0.1, 0.15) is 0 Å². The molecule has 2 N–H and O–H groups in total. The molecule has 0 aliphatic heterocycles. The summed E-state index contributed by atoms with van der Waals surface area (Å²) in [4.78, 5) is 12.7. The fourth-order valence-electron chi connectivity index (χ4n) is 1.68. The van der Waals surface area contributed by atoms with Crippen molar-refractivity contribution in [2.45, 2.75) is 0 Å². The molecule has 0 aliphatic rings. The number of nitrogens with zero attached hydrogens (tertiary/aromatic N) is 1. The van der Waals surface area contributed by atoms with Crippen molar-refractivity contribution in [3.63, 3.8) is 0 Å². The van der Waals surface area contributed by atoms with Gasteiger partial charge in [0.2, 0.25) is 0 Å². The Labute approximate surface area is 103 Å². The van der Waals surface area contributed by atoms with Gasteiger partial charge < -0.3 is 0 Å². The number of rotatable bonds is 2. The summed E-state index contributed by atoms with van der Waals surface area (Å²) in [6, 6.07) is 8.77. The van der Waals surface area contributed by atoms with Crippen molar-refractivity contribution < 1.29 is 26.1 Å². The summed E-state index contributed by atoms with van der Waals surface area (Å²) in [5, 5.41) is 12.5. The average Bonchev–Trinajstić information content (AvgIpc) is 2.28. The van der Waals surface area contributed by atoms with Crippen LogP contribution in [0.1, 0.15) is 0 Å². The first kappa shape index (κ1) is 11.1. The molecule has 16 heavy (non-hydrogen) atoms. The molecule has 0 saturated carbocycles. The molecule has 5 heteroatoms. The summed E-state index contributed by atoms with van der Waals surface area (Å²) in [5.74, 6) is 0. The fourth-order valence-corrected chi connectivity index (χ4v) is 3.35. The number of nitrogen functional groups attached to an aromatic ring is 1. The maximum atomic E-state index is 11.0. The normalized spacial score (nSPS) is 10.8. The van der Waals surface area contributed by atoms with Crippen molar-refractivity contribution in [2.24, 2.45) is 0 Å². The van der Waals surface area contributed by atoms with Crippen LogP contribution in [0.2, 0.25) is 0 Å². The predicted molar refractivity (Wildman–Crippen MR) is 59.6 cm³/mol. The van der Waals surface area contributed by atoms with E-state index in [1.165, 1.54) is 6.07 Å². The first-order chi connectivity index (χ1) is 7.65. The quantitative estimate of drug-likeness (QED) is 0.258. The SMILES string of the molecule is C[I-]c1cccc2c(N)ccc([N+](=O)[O-])c12. The van der Waals surface area contributed by atoms with Gasteiger partial charge in [-0.2, -0.15) is 0 Å². The third-order valence-electron chi connectivity index (χ3n) is 2.40. The molecule has 0 unspecified atom stereocenters. The van der Waals surface area contributed by atoms with Crippen molar-refractivity contribution in [1.29, 1.82) is 0 Å². The van der Waals surface area contributed by atoms with Gasteiger partial charge >= 0.3 is 103 Å². The van der Waals surface area contributed by atoms with Crippen molar-refractivity contribution in [1.82, 2.24) is 0 Å². The van der Waals surface area contributed by atoms with Crippen LogP contribution in [0, 0.1) is 13.7 Å². The molecule has 84 valence electrons. The van der Waals surface area contributed by atoms with E-state index in [1.807, 2.05) is 18.2 Å². The average molecular weight is 329 g/mol. The Morgan fingerprint density at radius 3 is 2.69 bits per heavy atom. The minimum atomic E-state index is -0.343. The summed E-state index contributed by atoms with van der Waals surface area (Å²) in [6.45, 7) is 0. The third-order valence-corrected chi connectivity index (χ3v) is 4.46. The van der Waals surface area contributed by atoms with E-state index in [-0.39, 0.29) is 31.8 Å². The number of fused-ring (bicyclic) bond motifs is 1. The van der Waals surface area contributed by atoms with Crippen molar-refractivity contribution in [3.8, 4) is 0 Å². The molecular formula is C11H10IN2O2-. The molecule has 2 aromatic carbocycles. The summed E-state index contributed by atoms with van der Waals surface area (Å²) < 4.78 is 1.07. The van der Waals surface area contributed by atoms with Gasteiger partial charge in [-0.1, -0.05) is 0 Å². The Hall–Kier alpha value is -1.37. The molecule has 0 fully saturated rings. The van der Waals surface area contributed by atoms with Crippen LogP contribution in [0.15, 0.2) is 30.3 Å². The van der Waals surface area contributed by atoms with Crippen LogP contribution in [0.3, 0.4) is 0 Å². The maximum absolute atomic E-state index is 11.0. The zero-order chi connectivity index (χ0) is 11.7. The first-order valence-electron chi connectivity index (χ1n) is 4.60. The molecule has 0 spiro atoms. The summed E-state index contributed by atoms with van der Waals surface area (Å²) in [7, 11) is 0. The predicted octanol–water partition coefficient (Wildman–Crippen LogP) is -0.781. The third kappa shape index (κ3) is 1.71. The number of nitro groups is 1. The number of hydrogen-bond acceptors (Lipinski definition) is 3. The van der Waals surface area contributed by atoms with Gasteiger partial charge in [-0.05, 0) is 0 Å². The molecule has 0 saturated heterocycles. The topological polar surface area (TPSA) is 69.2 Å². The van der Waals surface area contributed by atoms with Crippen LogP contribution in [-0.4, -0.2) is 9.85 Å². The van der Waals surface area contributed by atoms with Gasteiger partial charge in [-0.15, -0.1) is 0 Å². The van der Waals surface area contributed by atoms with Crippen LogP contribution in [0.5, 0.6) is 0 Å². The second-order valence-electron chi connectivity index (χ2n) is 3.28. The van der Waals surface area contributed by atoms with Crippen LogP contribution in [0.4, 0.5) is 11.4 Å². The van der Waals surface area contributed by atoms with Gasteiger partial charge in [0.25, 0.3) is 0 Å². The molecule has 0 heterocycles. The molecule has 0 bridgehead atoms. The van der Waals surface area contributed by atoms with Crippen LogP contribution >= 0.6 is 0 Å². The second-order valence-corrected chi connectivity index (χ2v) is 5.52. The van der Waals surface area contributed by atoms with E-state index >= 15 is 0 Å². The van der Waals surface area contributed by atoms with E-state index in [4.69, 9.17) is 5.73 Å². The van der Waals surface area contributed by atoms with Gasteiger partial charge in [0.15, 0.2) is 0 Å². The molecule has 0 amide bonds. The Morgan fingerprint density at radius 1 is 1.31 bits per heavy atom. The van der Waals surface area contributed by atoms with E-state index in [0.29, 0.717) is 11.1 Å². The van der Waals surface area contributed by atoms with Crippen molar-refractivity contribution in [2.75, 3.05) is 10.7 Å². The van der Waals surface area contributed by atoms with Gasteiger partial charge in [-0.25, -0.2) is 0 Å². The van der Waals surface area contributed by atoms with Gasteiger partial charge in [-0.3, -0.25) is 0 Å². The molecular weight excluding hydrogens is 319 g/mol. The summed E-state index contributed by atoms with van der Waals surface area (Å²) in [6.07, 6.45) is 0. The number of non-ortho nitro benzene ring substituents is 1.